The maximum atomic E-state index is 12.7. The van der Waals surface area contributed by atoms with Crippen molar-refractivity contribution in [3.63, 3.8) is 0 Å². The van der Waals surface area contributed by atoms with Crippen LogP contribution in [-0.2, 0) is 11.2 Å². The van der Waals surface area contributed by atoms with E-state index in [1.807, 2.05) is 29.2 Å². The fraction of sp³-hybridized carbons (Fsp3) is 0.381. The summed E-state index contributed by atoms with van der Waals surface area (Å²) in [6.45, 7) is 4.73. The van der Waals surface area contributed by atoms with Crippen LogP contribution in [-0.4, -0.2) is 34.9 Å². The molecule has 3 rings (SSSR count). The minimum Gasteiger partial charge on any atom is -0.340 e. The molecule has 0 unspecified atom stereocenters. The molecule has 2 atom stereocenters. The number of pyridine rings is 1. The number of carbonyl (C=O) groups excluding carboxylic acids is 1. The van der Waals surface area contributed by atoms with E-state index in [1.54, 1.807) is 13.8 Å². The molecule has 1 saturated heterocycles. The van der Waals surface area contributed by atoms with E-state index in [-0.39, 0.29) is 41.4 Å². The van der Waals surface area contributed by atoms with Crippen LogP contribution in [0.2, 0.25) is 0 Å². The Bertz CT molecular complexity index is 949. The Balaban J connectivity index is 0.00000280. The van der Waals surface area contributed by atoms with Crippen molar-refractivity contribution in [2.45, 2.75) is 38.6 Å². The lowest BCUT2D eigenvalue weighted by Gasteiger charge is -2.17. The van der Waals surface area contributed by atoms with Gasteiger partial charge in [-0.25, -0.2) is 0 Å². The normalized spacial score (nSPS) is 18.4. The number of hydrogen-bond donors (Lipinski definition) is 2. The van der Waals surface area contributed by atoms with Gasteiger partial charge in [-0.15, -0.1) is 12.4 Å². The van der Waals surface area contributed by atoms with Crippen molar-refractivity contribution in [2.24, 2.45) is 5.73 Å². The summed E-state index contributed by atoms with van der Waals surface area (Å²) in [5.41, 5.74) is 9.42. The molecule has 7 heteroatoms. The minimum absolute atomic E-state index is 0. The van der Waals surface area contributed by atoms with Gasteiger partial charge in [0.15, 0.2) is 0 Å². The molecular weight excluding hydrogens is 376 g/mol. The summed E-state index contributed by atoms with van der Waals surface area (Å²) >= 11 is 0. The number of nitriles is 1. The second-order valence-corrected chi connectivity index (χ2v) is 7.15. The second kappa shape index (κ2) is 9.05. The van der Waals surface area contributed by atoms with E-state index in [4.69, 9.17) is 5.73 Å². The van der Waals surface area contributed by atoms with Gasteiger partial charge in [0.2, 0.25) is 5.91 Å². The highest BCUT2D eigenvalue weighted by Crippen LogP contribution is 2.27. The smallest absolute Gasteiger partial charge is 0.266 e. The van der Waals surface area contributed by atoms with E-state index in [9.17, 15) is 14.9 Å². The largest absolute Gasteiger partial charge is 0.340 e. The maximum Gasteiger partial charge on any atom is 0.266 e. The Morgan fingerprint density at radius 2 is 1.96 bits per heavy atom. The summed E-state index contributed by atoms with van der Waals surface area (Å²) in [7, 11) is 0. The third-order valence-electron chi connectivity index (χ3n) is 5.45. The number of likely N-dealkylation sites (tertiary alicyclic amines) is 1. The Kier molecular flexibility index (Phi) is 7.00. The molecule has 2 heterocycles. The van der Waals surface area contributed by atoms with Crippen LogP contribution in [0, 0.1) is 25.2 Å². The third-order valence-corrected chi connectivity index (χ3v) is 5.45. The molecule has 0 radical (unpaired) electrons. The first-order valence-corrected chi connectivity index (χ1v) is 9.13. The van der Waals surface area contributed by atoms with Gasteiger partial charge in [0.25, 0.3) is 5.56 Å². The molecule has 1 aliphatic rings. The Labute approximate surface area is 170 Å². The number of aryl methyl sites for hydroxylation is 1. The molecule has 0 bridgehead atoms. The summed E-state index contributed by atoms with van der Waals surface area (Å²) in [6, 6.07) is 11.9. The van der Waals surface area contributed by atoms with Gasteiger partial charge in [-0.2, -0.15) is 5.26 Å². The predicted octanol–water partition coefficient (Wildman–Crippen LogP) is 2.17. The number of halogens is 1. The van der Waals surface area contributed by atoms with Gasteiger partial charge in [0.05, 0.1) is 0 Å². The van der Waals surface area contributed by atoms with Crippen molar-refractivity contribution in [1.29, 1.82) is 5.26 Å². The summed E-state index contributed by atoms with van der Waals surface area (Å²) in [5.74, 6) is 0.198. The molecule has 148 valence electrons. The zero-order chi connectivity index (χ0) is 19.6. The number of amides is 1. The fourth-order valence-electron chi connectivity index (χ4n) is 3.90. The van der Waals surface area contributed by atoms with Gasteiger partial charge >= 0.3 is 0 Å². The summed E-state index contributed by atoms with van der Waals surface area (Å²) in [6.07, 6.45) is 0.816. The number of hydrogen-bond acceptors (Lipinski definition) is 4. The molecule has 3 N–H and O–H groups in total. The topological polar surface area (TPSA) is 103 Å². The van der Waals surface area contributed by atoms with Gasteiger partial charge < -0.3 is 15.6 Å². The molecule has 2 aromatic rings. The summed E-state index contributed by atoms with van der Waals surface area (Å²) in [5, 5.41) is 9.17. The minimum atomic E-state index is -0.376. The van der Waals surface area contributed by atoms with E-state index in [0.717, 1.165) is 11.1 Å². The molecule has 0 saturated carbocycles. The molecule has 1 aromatic carbocycles. The van der Waals surface area contributed by atoms with Gasteiger partial charge in [0.1, 0.15) is 11.6 Å². The third kappa shape index (κ3) is 4.27. The number of nitrogens with zero attached hydrogens (tertiary/aromatic N) is 2. The number of nitrogens with two attached hydrogens (primary N) is 1. The van der Waals surface area contributed by atoms with E-state index in [2.05, 4.69) is 17.1 Å². The molecule has 1 aliphatic heterocycles. The Morgan fingerprint density at radius 1 is 1.29 bits per heavy atom. The molecule has 28 heavy (non-hydrogen) atoms. The first-order chi connectivity index (χ1) is 12.9. The number of rotatable bonds is 4. The molecule has 1 aromatic heterocycles. The lowest BCUT2D eigenvalue weighted by atomic mass is 9.95. The SMILES string of the molecule is Cc1[nH]c(=O)c(C#N)c(C)c1CCC(=O)N1C[C@@H](N)[C@H](c2ccccc2)C1.Cl. The van der Waals surface area contributed by atoms with Crippen molar-refractivity contribution in [3.8, 4) is 6.07 Å². The number of nitrogens with one attached hydrogen (secondary N) is 1. The average molecular weight is 401 g/mol. The van der Waals surface area contributed by atoms with Gasteiger partial charge in [-0.05, 0) is 37.0 Å². The average Bonchev–Trinajstić information content (AvgIpc) is 3.04. The van der Waals surface area contributed by atoms with Crippen LogP contribution < -0.4 is 11.3 Å². The first-order valence-electron chi connectivity index (χ1n) is 9.13. The zero-order valence-corrected chi connectivity index (χ0v) is 16.9. The number of carbonyl (C=O) groups is 1. The monoisotopic (exact) mass is 400 g/mol. The Morgan fingerprint density at radius 3 is 2.61 bits per heavy atom. The zero-order valence-electron chi connectivity index (χ0n) is 16.1. The van der Waals surface area contributed by atoms with E-state index in [0.29, 0.717) is 37.2 Å². The standard InChI is InChI=1S/C21H24N4O2.ClH/c1-13-16(14(2)24-21(27)17(13)10-22)8-9-20(26)25-11-18(19(23)12-25)15-6-4-3-5-7-15;/h3-7,18-19H,8-9,11-12,23H2,1-2H3,(H,24,27);1H/t18-,19+;/m0./s1. The number of benzene rings is 1. The highest BCUT2D eigenvalue weighted by Gasteiger charge is 2.33. The lowest BCUT2D eigenvalue weighted by molar-refractivity contribution is -0.130. The molecular formula is C21H25ClN4O2. The number of H-pyrrole nitrogens is 1. The lowest BCUT2D eigenvalue weighted by Crippen LogP contribution is -2.32. The van der Waals surface area contributed by atoms with E-state index >= 15 is 0 Å². The van der Waals surface area contributed by atoms with Gasteiger partial charge in [-0.1, -0.05) is 30.3 Å². The van der Waals surface area contributed by atoms with Crippen LogP contribution >= 0.6 is 12.4 Å². The number of aromatic amines is 1. The first kappa shape index (κ1) is 21.7. The highest BCUT2D eigenvalue weighted by atomic mass is 35.5. The predicted molar refractivity (Wildman–Crippen MR) is 111 cm³/mol. The quantitative estimate of drug-likeness (QED) is 0.820. The Hall–Kier alpha value is -2.62. The molecule has 0 spiro atoms. The molecule has 1 fully saturated rings. The van der Waals surface area contributed by atoms with Gasteiger partial charge in [-0.3, -0.25) is 9.59 Å². The van der Waals surface area contributed by atoms with Crippen molar-refractivity contribution in [1.82, 2.24) is 9.88 Å². The number of aromatic nitrogens is 1. The summed E-state index contributed by atoms with van der Waals surface area (Å²) in [4.78, 5) is 29.1. The van der Waals surface area contributed by atoms with Crippen LogP contribution in [0.4, 0.5) is 0 Å². The molecule has 1 amide bonds. The van der Waals surface area contributed by atoms with Crippen LogP contribution in [0.15, 0.2) is 35.1 Å². The van der Waals surface area contributed by atoms with Crippen molar-refractivity contribution in [3.05, 3.63) is 68.6 Å². The second-order valence-electron chi connectivity index (χ2n) is 7.15. The van der Waals surface area contributed by atoms with E-state index < -0.39 is 0 Å². The van der Waals surface area contributed by atoms with Crippen molar-refractivity contribution in [2.75, 3.05) is 13.1 Å². The van der Waals surface area contributed by atoms with E-state index in [1.165, 1.54) is 0 Å². The summed E-state index contributed by atoms with van der Waals surface area (Å²) < 4.78 is 0. The van der Waals surface area contributed by atoms with Crippen LogP contribution in [0.5, 0.6) is 0 Å². The highest BCUT2D eigenvalue weighted by molar-refractivity contribution is 5.85. The van der Waals surface area contributed by atoms with Gasteiger partial charge in [0, 0.05) is 37.2 Å². The van der Waals surface area contributed by atoms with Crippen molar-refractivity contribution < 1.29 is 4.79 Å². The van der Waals surface area contributed by atoms with Crippen LogP contribution in [0.3, 0.4) is 0 Å². The van der Waals surface area contributed by atoms with Crippen LogP contribution in [0.1, 0.15) is 40.3 Å². The van der Waals surface area contributed by atoms with Crippen LogP contribution in [0.25, 0.3) is 0 Å². The molecule has 6 nitrogen and oxygen atoms in total. The maximum absolute atomic E-state index is 12.7. The van der Waals surface area contributed by atoms with Crippen molar-refractivity contribution >= 4 is 18.3 Å². The fourth-order valence-corrected chi connectivity index (χ4v) is 3.90. The molecule has 0 aliphatic carbocycles.